The van der Waals surface area contributed by atoms with E-state index in [9.17, 15) is 14.4 Å². The highest BCUT2D eigenvalue weighted by Crippen LogP contribution is 2.16. The number of Topliss-reactive ketones (excluding diaryl/α,β-unsaturated/α-hetero) is 2. The third kappa shape index (κ3) is 7.40. The molecule has 0 aliphatic carbocycles. The van der Waals surface area contributed by atoms with Gasteiger partial charge in [-0.05, 0) is 36.0 Å². The number of carbonyl (C=O) groups is 3. The van der Waals surface area contributed by atoms with Crippen molar-refractivity contribution >= 4 is 49.4 Å². The lowest BCUT2D eigenvalue weighted by Crippen LogP contribution is -2.03. The minimum absolute atomic E-state index is 0.141. The predicted octanol–water partition coefficient (Wildman–Crippen LogP) is 4.96. The van der Waals surface area contributed by atoms with Gasteiger partial charge in [0.1, 0.15) is 0 Å². The summed E-state index contributed by atoms with van der Waals surface area (Å²) < 4.78 is 10.7. The molecule has 0 aliphatic heterocycles. The second-order valence-corrected chi connectivity index (χ2v) is 6.30. The lowest BCUT2D eigenvalue weighted by molar-refractivity contribution is -0.140. The topological polar surface area (TPSA) is 73.6 Å². The van der Waals surface area contributed by atoms with Crippen LogP contribution in [0.15, 0.2) is 38.2 Å². The normalized spacial score (nSPS) is 11.7. The molecular weight excluding hydrogens is 444 g/mol. The van der Waals surface area contributed by atoms with Crippen LogP contribution in [0.25, 0.3) is 0 Å². The Morgan fingerprint density at radius 1 is 1.12 bits per heavy atom. The Labute approximate surface area is 157 Å². The van der Waals surface area contributed by atoms with E-state index in [4.69, 9.17) is 4.42 Å². The van der Waals surface area contributed by atoms with Crippen LogP contribution in [0.2, 0.25) is 0 Å². The van der Waals surface area contributed by atoms with Crippen LogP contribution < -0.4 is 0 Å². The van der Waals surface area contributed by atoms with E-state index in [1.807, 2.05) is 12.2 Å². The number of methoxy groups -OCH3 is 1. The van der Waals surface area contributed by atoms with Crippen molar-refractivity contribution in [2.24, 2.45) is 0 Å². The van der Waals surface area contributed by atoms with Gasteiger partial charge in [0.05, 0.1) is 7.11 Å². The maximum absolute atomic E-state index is 12.0. The molecular formula is C17H18Br2O5. The fraction of sp³-hybridized carbons (Fsp3) is 0.353. The molecule has 0 amide bonds. The van der Waals surface area contributed by atoms with E-state index in [1.54, 1.807) is 4.99 Å². The molecule has 1 rings (SSSR count). The van der Waals surface area contributed by atoms with E-state index in [2.05, 4.69) is 36.6 Å². The van der Waals surface area contributed by atoms with Crippen molar-refractivity contribution in [1.29, 1.82) is 0 Å². The van der Waals surface area contributed by atoms with Crippen LogP contribution in [-0.4, -0.2) is 24.6 Å². The maximum Gasteiger partial charge on any atom is 0.305 e. The Morgan fingerprint density at radius 2 is 1.75 bits per heavy atom. The molecule has 0 aromatic carbocycles. The molecule has 0 saturated carbocycles. The molecule has 0 N–H and O–H groups in total. The summed E-state index contributed by atoms with van der Waals surface area (Å²) in [7, 11) is 1.30. The van der Waals surface area contributed by atoms with E-state index in [-0.39, 0.29) is 48.3 Å². The molecule has 0 spiro atoms. The van der Waals surface area contributed by atoms with E-state index >= 15 is 0 Å². The van der Waals surface area contributed by atoms with Gasteiger partial charge in [-0.3, -0.25) is 14.4 Å². The highest BCUT2D eigenvalue weighted by Gasteiger charge is 2.15. The van der Waals surface area contributed by atoms with Crippen molar-refractivity contribution in [2.45, 2.75) is 32.1 Å². The van der Waals surface area contributed by atoms with Crippen LogP contribution in [0.5, 0.6) is 0 Å². The Morgan fingerprint density at radius 3 is 2.33 bits per heavy atom. The molecule has 0 saturated heterocycles. The number of halogens is 2. The van der Waals surface area contributed by atoms with Crippen molar-refractivity contribution in [3.63, 3.8) is 0 Å². The van der Waals surface area contributed by atoms with Crippen molar-refractivity contribution in [3.05, 3.63) is 45.3 Å². The number of furan rings is 1. The summed E-state index contributed by atoms with van der Waals surface area (Å²) in [6.07, 6.45) is 5.26. The first-order valence-electron chi connectivity index (χ1n) is 7.33. The third-order valence-corrected chi connectivity index (χ3v) is 3.95. The molecule has 24 heavy (non-hydrogen) atoms. The van der Waals surface area contributed by atoms with Gasteiger partial charge in [0.2, 0.25) is 0 Å². The molecule has 0 aliphatic rings. The summed E-state index contributed by atoms with van der Waals surface area (Å²) in [4.78, 5) is 36.7. The summed E-state index contributed by atoms with van der Waals surface area (Å²) in [5, 5.41) is 0. The van der Waals surface area contributed by atoms with Crippen LogP contribution >= 0.6 is 31.9 Å². The van der Waals surface area contributed by atoms with Gasteiger partial charge < -0.3 is 9.15 Å². The molecule has 1 heterocycles. The summed E-state index contributed by atoms with van der Waals surface area (Å²) in [6, 6.07) is 3.00. The number of hydrogen-bond donors (Lipinski definition) is 0. The lowest BCUT2D eigenvalue weighted by Gasteiger charge is -1.98. The molecule has 130 valence electrons. The molecule has 5 nitrogen and oxygen atoms in total. The number of allylic oxidation sites excluding steroid dienone is 3. The molecule has 0 unspecified atom stereocenters. The van der Waals surface area contributed by atoms with Crippen LogP contribution in [-0.2, 0) is 9.53 Å². The monoisotopic (exact) mass is 460 g/mol. The van der Waals surface area contributed by atoms with E-state index in [1.165, 1.54) is 19.2 Å². The average Bonchev–Trinajstić information content (AvgIpc) is 3.04. The smallest absolute Gasteiger partial charge is 0.305 e. The molecule has 1 aromatic rings. The summed E-state index contributed by atoms with van der Waals surface area (Å²) in [5.41, 5.74) is 0. The van der Waals surface area contributed by atoms with Gasteiger partial charge in [-0.1, -0.05) is 37.9 Å². The van der Waals surface area contributed by atoms with Gasteiger partial charge in [0.15, 0.2) is 23.1 Å². The summed E-state index contributed by atoms with van der Waals surface area (Å²) in [5.74, 6) is -0.438. The first-order chi connectivity index (χ1) is 11.5. The number of ether oxygens (including phenoxy) is 1. The number of ketones is 2. The van der Waals surface area contributed by atoms with Crippen molar-refractivity contribution in [3.8, 4) is 0 Å². The second kappa shape index (κ2) is 11.1. The van der Waals surface area contributed by atoms with Gasteiger partial charge in [0, 0.05) is 23.7 Å². The Hall–Kier alpha value is -1.47. The van der Waals surface area contributed by atoms with Crippen LogP contribution in [0.3, 0.4) is 0 Å². The maximum atomic E-state index is 12.0. The zero-order chi connectivity index (χ0) is 17.9. The number of carbonyl (C=O) groups excluding carboxylic acids is 3. The van der Waals surface area contributed by atoms with Gasteiger partial charge in [-0.2, -0.15) is 0 Å². The molecule has 0 atom stereocenters. The minimum Gasteiger partial charge on any atom is -0.469 e. The predicted molar refractivity (Wildman–Crippen MR) is 97.5 cm³/mol. The largest absolute Gasteiger partial charge is 0.469 e. The molecule has 7 heteroatoms. The number of esters is 1. The number of hydrogen-bond acceptors (Lipinski definition) is 5. The van der Waals surface area contributed by atoms with Crippen molar-refractivity contribution in [2.75, 3.05) is 7.11 Å². The molecule has 0 radical (unpaired) electrons. The summed E-state index contributed by atoms with van der Waals surface area (Å²) >= 11 is 6.50. The quantitative estimate of drug-likeness (QED) is 0.280. The van der Waals surface area contributed by atoms with E-state index < -0.39 is 0 Å². The zero-order valence-corrected chi connectivity index (χ0v) is 16.4. The Kier molecular flexibility index (Phi) is 9.56. The first kappa shape index (κ1) is 20.6. The fourth-order valence-electron chi connectivity index (χ4n) is 1.85. The van der Waals surface area contributed by atoms with Gasteiger partial charge in [0.25, 0.3) is 0 Å². The third-order valence-electron chi connectivity index (χ3n) is 3.10. The highest BCUT2D eigenvalue weighted by molar-refractivity contribution is 9.12. The van der Waals surface area contributed by atoms with Crippen molar-refractivity contribution in [1.82, 2.24) is 0 Å². The average molecular weight is 462 g/mol. The Balaban J connectivity index is 2.49. The number of rotatable bonds is 10. The van der Waals surface area contributed by atoms with Crippen LogP contribution in [0, 0.1) is 0 Å². The molecule has 0 fully saturated rings. The van der Waals surface area contributed by atoms with Gasteiger partial charge >= 0.3 is 5.97 Å². The zero-order valence-electron chi connectivity index (χ0n) is 13.2. The first-order valence-corrected chi connectivity index (χ1v) is 9.04. The van der Waals surface area contributed by atoms with Crippen molar-refractivity contribution < 1.29 is 23.5 Å². The van der Waals surface area contributed by atoms with Crippen LogP contribution in [0.1, 0.15) is 53.2 Å². The second-order valence-electron chi connectivity index (χ2n) is 4.86. The SMILES string of the molecule is COC(=O)CCCC(=O)c1ccc(C(=O)CCC=C(Br)C=CBr)o1. The minimum atomic E-state index is -0.355. The fourth-order valence-corrected chi connectivity index (χ4v) is 2.85. The van der Waals surface area contributed by atoms with Gasteiger partial charge in [-0.15, -0.1) is 0 Å². The van der Waals surface area contributed by atoms with Crippen LogP contribution in [0.4, 0.5) is 0 Å². The molecule has 1 aromatic heterocycles. The van der Waals surface area contributed by atoms with E-state index in [0.717, 1.165) is 4.48 Å². The van der Waals surface area contributed by atoms with E-state index in [0.29, 0.717) is 12.8 Å². The molecule has 0 bridgehead atoms. The highest BCUT2D eigenvalue weighted by atomic mass is 79.9. The summed E-state index contributed by atoms with van der Waals surface area (Å²) in [6.45, 7) is 0. The van der Waals surface area contributed by atoms with Gasteiger partial charge in [-0.25, -0.2) is 0 Å². The Bertz CT molecular complexity index is 643. The lowest BCUT2D eigenvalue weighted by atomic mass is 10.1. The standard InChI is InChI=1S/C17H18Br2O5/c1-23-17(22)7-3-6-14(21)16-9-8-15(24-16)13(20)5-2-4-12(19)10-11-18/h4,8-11H,2-3,5-7H2,1H3.